The van der Waals surface area contributed by atoms with Crippen molar-refractivity contribution in [1.82, 2.24) is 4.90 Å². The van der Waals surface area contributed by atoms with Crippen LogP contribution in [-0.4, -0.2) is 29.2 Å². The first-order valence-electron chi connectivity index (χ1n) is 5.51. The molecular weight excluding hydrogens is 242 g/mol. The SMILES string of the molecule is CCCCC(=O)N(C)CC1CC(Br)C1. The Bertz CT molecular complexity index is 190. The van der Waals surface area contributed by atoms with Gasteiger partial charge >= 0.3 is 0 Å². The van der Waals surface area contributed by atoms with E-state index >= 15 is 0 Å². The van der Waals surface area contributed by atoms with E-state index in [-0.39, 0.29) is 0 Å². The second-order valence-corrected chi connectivity index (χ2v) is 5.61. The molecule has 0 N–H and O–H groups in total. The van der Waals surface area contributed by atoms with E-state index in [9.17, 15) is 4.79 Å². The van der Waals surface area contributed by atoms with Gasteiger partial charge in [-0.3, -0.25) is 4.79 Å². The zero-order valence-electron chi connectivity index (χ0n) is 9.13. The number of alkyl halides is 1. The van der Waals surface area contributed by atoms with E-state index in [1.165, 1.54) is 12.8 Å². The molecule has 82 valence electrons. The Balaban J connectivity index is 2.14. The normalized spacial score (nSPS) is 25.6. The van der Waals surface area contributed by atoms with Crippen molar-refractivity contribution in [2.24, 2.45) is 5.92 Å². The Kier molecular flexibility index (Phi) is 4.93. The summed E-state index contributed by atoms with van der Waals surface area (Å²) in [5, 5.41) is 0. The third-order valence-corrected chi connectivity index (χ3v) is 3.63. The zero-order valence-corrected chi connectivity index (χ0v) is 10.7. The molecule has 0 radical (unpaired) electrons. The number of unbranched alkanes of at least 4 members (excludes halogenated alkanes) is 1. The van der Waals surface area contributed by atoms with Gasteiger partial charge < -0.3 is 4.90 Å². The van der Waals surface area contributed by atoms with Gasteiger partial charge in [-0.05, 0) is 25.2 Å². The van der Waals surface area contributed by atoms with Crippen LogP contribution >= 0.6 is 15.9 Å². The molecule has 0 heterocycles. The molecule has 0 atom stereocenters. The predicted octanol–water partition coefficient (Wildman–Crippen LogP) is 2.81. The van der Waals surface area contributed by atoms with Gasteiger partial charge in [0.15, 0.2) is 0 Å². The molecule has 1 saturated carbocycles. The monoisotopic (exact) mass is 261 g/mol. The Labute approximate surface area is 95.2 Å². The van der Waals surface area contributed by atoms with Crippen molar-refractivity contribution >= 4 is 21.8 Å². The number of carbonyl (C=O) groups excluding carboxylic acids is 1. The Morgan fingerprint density at radius 2 is 2.14 bits per heavy atom. The maximum atomic E-state index is 11.6. The molecule has 0 aromatic carbocycles. The molecule has 0 spiro atoms. The van der Waals surface area contributed by atoms with E-state index < -0.39 is 0 Å². The van der Waals surface area contributed by atoms with E-state index in [1.807, 2.05) is 11.9 Å². The minimum atomic E-state index is 0.310. The fraction of sp³-hybridized carbons (Fsp3) is 0.909. The first kappa shape index (κ1) is 12.0. The van der Waals surface area contributed by atoms with Crippen LogP contribution in [0.15, 0.2) is 0 Å². The van der Waals surface area contributed by atoms with Gasteiger partial charge in [0.2, 0.25) is 5.91 Å². The second kappa shape index (κ2) is 5.74. The van der Waals surface area contributed by atoms with Gasteiger partial charge in [-0.2, -0.15) is 0 Å². The van der Waals surface area contributed by atoms with Crippen LogP contribution in [0.3, 0.4) is 0 Å². The summed E-state index contributed by atoms with van der Waals surface area (Å²) < 4.78 is 0. The minimum Gasteiger partial charge on any atom is -0.345 e. The highest BCUT2D eigenvalue weighted by Crippen LogP contribution is 2.33. The molecule has 0 aromatic rings. The van der Waals surface area contributed by atoms with Crippen LogP contribution in [0.2, 0.25) is 0 Å². The molecule has 1 amide bonds. The number of rotatable bonds is 5. The van der Waals surface area contributed by atoms with Crippen LogP contribution in [0.5, 0.6) is 0 Å². The van der Waals surface area contributed by atoms with E-state index in [4.69, 9.17) is 0 Å². The van der Waals surface area contributed by atoms with E-state index in [1.54, 1.807) is 0 Å². The largest absolute Gasteiger partial charge is 0.345 e. The fourth-order valence-electron chi connectivity index (χ4n) is 1.81. The Hall–Kier alpha value is -0.0500. The Morgan fingerprint density at radius 3 is 2.64 bits per heavy atom. The fourth-order valence-corrected chi connectivity index (χ4v) is 2.87. The van der Waals surface area contributed by atoms with Crippen LogP contribution in [0, 0.1) is 5.92 Å². The van der Waals surface area contributed by atoms with Gasteiger partial charge in [-0.1, -0.05) is 29.3 Å². The highest BCUT2D eigenvalue weighted by molar-refractivity contribution is 9.09. The van der Waals surface area contributed by atoms with Crippen molar-refractivity contribution in [3.8, 4) is 0 Å². The summed E-state index contributed by atoms with van der Waals surface area (Å²) in [5.41, 5.74) is 0. The first-order valence-corrected chi connectivity index (χ1v) is 6.43. The first-order chi connectivity index (χ1) is 6.63. The third kappa shape index (κ3) is 3.60. The van der Waals surface area contributed by atoms with Crippen LogP contribution in [0.4, 0.5) is 0 Å². The van der Waals surface area contributed by atoms with E-state index in [0.29, 0.717) is 10.7 Å². The van der Waals surface area contributed by atoms with Crippen molar-refractivity contribution in [3.63, 3.8) is 0 Å². The molecule has 2 nitrogen and oxygen atoms in total. The number of hydrogen-bond donors (Lipinski definition) is 0. The molecular formula is C11H20BrNO. The maximum absolute atomic E-state index is 11.6. The molecule has 0 bridgehead atoms. The number of hydrogen-bond acceptors (Lipinski definition) is 1. The second-order valence-electron chi connectivity index (χ2n) is 4.31. The van der Waals surface area contributed by atoms with Gasteiger partial charge in [0.25, 0.3) is 0 Å². The molecule has 0 unspecified atom stereocenters. The van der Waals surface area contributed by atoms with Crippen LogP contribution in [-0.2, 0) is 4.79 Å². The lowest BCUT2D eigenvalue weighted by atomic mass is 9.85. The summed E-state index contributed by atoms with van der Waals surface area (Å²) in [6.45, 7) is 3.07. The molecule has 1 aliphatic rings. The van der Waals surface area contributed by atoms with E-state index in [0.717, 1.165) is 31.7 Å². The van der Waals surface area contributed by atoms with Crippen molar-refractivity contribution in [2.75, 3.05) is 13.6 Å². The Morgan fingerprint density at radius 1 is 1.50 bits per heavy atom. The summed E-state index contributed by atoms with van der Waals surface area (Å²) in [6.07, 6.45) is 5.30. The lowest BCUT2D eigenvalue weighted by molar-refractivity contribution is -0.130. The van der Waals surface area contributed by atoms with Crippen molar-refractivity contribution < 1.29 is 4.79 Å². The van der Waals surface area contributed by atoms with E-state index in [2.05, 4.69) is 22.9 Å². The van der Waals surface area contributed by atoms with Gasteiger partial charge in [0.05, 0.1) is 0 Å². The van der Waals surface area contributed by atoms with Crippen LogP contribution in [0.1, 0.15) is 39.0 Å². The lowest BCUT2D eigenvalue weighted by Gasteiger charge is -2.34. The van der Waals surface area contributed by atoms with Gasteiger partial charge in [0, 0.05) is 24.8 Å². The molecule has 1 rings (SSSR count). The van der Waals surface area contributed by atoms with Gasteiger partial charge in [-0.15, -0.1) is 0 Å². The highest BCUT2D eigenvalue weighted by atomic mass is 79.9. The number of nitrogens with zero attached hydrogens (tertiary/aromatic N) is 1. The van der Waals surface area contributed by atoms with Crippen molar-refractivity contribution in [1.29, 1.82) is 0 Å². The standard InChI is InChI=1S/C11H20BrNO/c1-3-4-5-11(14)13(2)8-9-6-10(12)7-9/h9-10H,3-8H2,1-2H3. The molecule has 1 fully saturated rings. The predicted molar refractivity (Wildman–Crippen MR) is 62.6 cm³/mol. The average molecular weight is 262 g/mol. The molecule has 14 heavy (non-hydrogen) atoms. The zero-order chi connectivity index (χ0) is 10.6. The summed E-state index contributed by atoms with van der Waals surface area (Å²) >= 11 is 3.57. The van der Waals surface area contributed by atoms with Gasteiger partial charge in [-0.25, -0.2) is 0 Å². The molecule has 0 aromatic heterocycles. The van der Waals surface area contributed by atoms with Gasteiger partial charge in [0.1, 0.15) is 0 Å². The quantitative estimate of drug-likeness (QED) is 0.698. The smallest absolute Gasteiger partial charge is 0.222 e. The third-order valence-electron chi connectivity index (χ3n) is 2.88. The number of halogens is 1. The highest BCUT2D eigenvalue weighted by Gasteiger charge is 2.28. The summed E-state index contributed by atoms with van der Waals surface area (Å²) in [4.78, 5) is 14.2. The average Bonchev–Trinajstić information content (AvgIpc) is 2.11. The topological polar surface area (TPSA) is 20.3 Å². The summed E-state index contributed by atoms with van der Waals surface area (Å²) in [6, 6.07) is 0. The van der Waals surface area contributed by atoms with Crippen molar-refractivity contribution in [3.05, 3.63) is 0 Å². The summed E-state index contributed by atoms with van der Waals surface area (Å²) in [5.74, 6) is 1.04. The van der Waals surface area contributed by atoms with Crippen LogP contribution < -0.4 is 0 Å². The molecule has 0 aliphatic heterocycles. The minimum absolute atomic E-state index is 0.310. The maximum Gasteiger partial charge on any atom is 0.222 e. The number of amides is 1. The summed E-state index contributed by atoms with van der Waals surface area (Å²) in [7, 11) is 1.93. The lowest BCUT2D eigenvalue weighted by Crippen LogP contribution is -2.37. The molecule has 3 heteroatoms. The number of carbonyl (C=O) groups is 1. The molecule has 0 saturated heterocycles. The van der Waals surface area contributed by atoms with Crippen molar-refractivity contribution in [2.45, 2.75) is 43.9 Å². The molecule has 1 aliphatic carbocycles. The van der Waals surface area contributed by atoms with Crippen LogP contribution in [0.25, 0.3) is 0 Å².